The third-order valence-electron chi connectivity index (χ3n) is 6.42. The average Bonchev–Trinajstić information content (AvgIpc) is 3.37. The molecule has 1 unspecified atom stereocenters. The minimum atomic E-state index is -0.785. The van der Waals surface area contributed by atoms with Gasteiger partial charge < -0.3 is 15.0 Å². The zero-order valence-electron chi connectivity index (χ0n) is 19.8. The van der Waals surface area contributed by atoms with Gasteiger partial charge in [-0.15, -0.1) is 0 Å². The first kappa shape index (κ1) is 23.4. The highest BCUT2D eigenvalue weighted by Gasteiger charge is 2.39. The number of hydrogen-bond acceptors (Lipinski definition) is 5. The number of amides is 2. The standard InChI is InChI=1S/C26H34N4O3/c1-26(2,3)20-8-10-21(11-9-20)30(24(31)22-7-5-13-28-22)23(19-6-4-12-27-18-19)25(32)29-14-16-33-17-15-29/h4,6,8-12,18,22-23,28H,5,7,13-17H2,1-3H3/t22-,23?/m1/s1. The maximum Gasteiger partial charge on any atom is 0.250 e. The Bertz CT molecular complexity index is 944. The number of carbonyl (C=O) groups excluding carboxylic acids is 2. The third kappa shape index (κ3) is 5.25. The molecule has 0 bridgehead atoms. The summed E-state index contributed by atoms with van der Waals surface area (Å²) in [4.78, 5) is 35.5. The van der Waals surface area contributed by atoms with Gasteiger partial charge in [-0.1, -0.05) is 39.0 Å². The molecule has 176 valence electrons. The third-order valence-corrected chi connectivity index (χ3v) is 6.42. The molecule has 33 heavy (non-hydrogen) atoms. The summed E-state index contributed by atoms with van der Waals surface area (Å²) in [5.41, 5.74) is 2.60. The van der Waals surface area contributed by atoms with Crippen molar-refractivity contribution in [1.29, 1.82) is 0 Å². The van der Waals surface area contributed by atoms with E-state index in [-0.39, 0.29) is 23.3 Å². The molecule has 7 heteroatoms. The van der Waals surface area contributed by atoms with Crippen molar-refractivity contribution >= 4 is 17.5 Å². The van der Waals surface area contributed by atoms with E-state index in [1.54, 1.807) is 22.2 Å². The second kappa shape index (κ2) is 10.0. The molecule has 0 saturated carbocycles. The number of carbonyl (C=O) groups is 2. The Morgan fingerprint density at radius 3 is 2.45 bits per heavy atom. The van der Waals surface area contributed by atoms with Gasteiger partial charge in [0.15, 0.2) is 0 Å². The van der Waals surface area contributed by atoms with Crippen molar-refractivity contribution in [3.8, 4) is 0 Å². The summed E-state index contributed by atoms with van der Waals surface area (Å²) in [6.45, 7) is 9.33. The molecule has 0 spiro atoms. The molecule has 2 amide bonds. The van der Waals surface area contributed by atoms with E-state index < -0.39 is 6.04 Å². The van der Waals surface area contributed by atoms with Gasteiger partial charge in [-0.25, -0.2) is 0 Å². The number of nitrogens with zero attached hydrogens (tertiary/aromatic N) is 3. The van der Waals surface area contributed by atoms with Crippen molar-refractivity contribution in [2.75, 3.05) is 37.7 Å². The lowest BCUT2D eigenvalue weighted by atomic mass is 9.87. The van der Waals surface area contributed by atoms with E-state index in [1.165, 1.54) is 5.56 Å². The number of pyridine rings is 1. The molecule has 2 aliphatic heterocycles. The van der Waals surface area contributed by atoms with Crippen LogP contribution in [0.25, 0.3) is 0 Å². The number of anilines is 1. The highest BCUT2D eigenvalue weighted by Crippen LogP contribution is 2.33. The summed E-state index contributed by atoms with van der Waals surface area (Å²) in [6, 6.07) is 10.6. The Morgan fingerprint density at radius 2 is 1.88 bits per heavy atom. The van der Waals surface area contributed by atoms with Crippen LogP contribution in [0.5, 0.6) is 0 Å². The van der Waals surface area contributed by atoms with Gasteiger partial charge in [0.25, 0.3) is 5.91 Å². The Balaban J connectivity index is 1.78. The highest BCUT2D eigenvalue weighted by molar-refractivity contribution is 6.03. The lowest BCUT2D eigenvalue weighted by Gasteiger charge is -2.37. The molecule has 2 saturated heterocycles. The first-order chi connectivity index (χ1) is 15.9. The largest absolute Gasteiger partial charge is 0.378 e. The van der Waals surface area contributed by atoms with Crippen molar-refractivity contribution in [3.05, 3.63) is 59.9 Å². The van der Waals surface area contributed by atoms with Crippen molar-refractivity contribution in [2.45, 2.75) is 51.1 Å². The Kier molecular flexibility index (Phi) is 7.10. The second-order valence-corrected chi connectivity index (χ2v) is 9.78. The number of benzene rings is 1. The molecular weight excluding hydrogens is 416 g/mol. The molecule has 2 atom stereocenters. The second-order valence-electron chi connectivity index (χ2n) is 9.78. The van der Waals surface area contributed by atoms with Gasteiger partial charge in [-0.05, 0) is 48.6 Å². The summed E-state index contributed by atoms with van der Waals surface area (Å²) >= 11 is 0. The first-order valence-electron chi connectivity index (χ1n) is 11.8. The van der Waals surface area contributed by atoms with Crippen LogP contribution in [0.3, 0.4) is 0 Å². The summed E-state index contributed by atoms with van der Waals surface area (Å²) in [7, 11) is 0. The van der Waals surface area contributed by atoms with E-state index in [4.69, 9.17) is 4.74 Å². The van der Waals surface area contributed by atoms with E-state index in [0.717, 1.165) is 25.1 Å². The molecule has 2 aliphatic rings. The van der Waals surface area contributed by atoms with Crippen LogP contribution >= 0.6 is 0 Å². The normalized spacial score (nSPS) is 19.8. The minimum Gasteiger partial charge on any atom is -0.378 e. The van der Waals surface area contributed by atoms with E-state index in [2.05, 4.69) is 43.2 Å². The zero-order chi connectivity index (χ0) is 23.4. The van der Waals surface area contributed by atoms with Crippen LogP contribution in [0, 0.1) is 0 Å². The Labute approximate surface area is 196 Å². The molecule has 1 aromatic carbocycles. The molecule has 2 aromatic rings. The summed E-state index contributed by atoms with van der Waals surface area (Å²) in [5, 5.41) is 3.32. The van der Waals surface area contributed by atoms with Crippen LogP contribution in [-0.4, -0.2) is 60.6 Å². The molecule has 3 heterocycles. The predicted octanol–water partition coefficient (Wildman–Crippen LogP) is 3.06. The smallest absolute Gasteiger partial charge is 0.250 e. The first-order valence-corrected chi connectivity index (χ1v) is 11.8. The van der Waals surface area contributed by atoms with E-state index in [0.29, 0.717) is 31.9 Å². The van der Waals surface area contributed by atoms with E-state index in [1.807, 2.05) is 24.3 Å². The fourth-order valence-corrected chi connectivity index (χ4v) is 4.49. The molecule has 2 fully saturated rings. The van der Waals surface area contributed by atoms with Crippen LogP contribution in [0.15, 0.2) is 48.8 Å². The quantitative estimate of drug-likeness (QED) is 0.758. The Hall–Kier alpha value is -2.77. The van der Waals surface area contributed by atoms with Gasteiger partial charge in [0.05, 0.1) is 19.3 Å². The molecule has 4 rings (SSSR count). The zero-order valence-corrected chi connectivity index (χ0v) is 19.8. The van der Waals surface area contributed by atoms with Crippen molar-refractivity contribution in [3.63, 3.8) is 0 Å². The maximum atomic E-state index is 13.9. The minimum absolute atomic E-state index is 0.00719. The van der Waals surface area contributed by atoms with Gasteiger partial charge in [0.2, 0.25) is 5.91 Å². The van der Waals surface area contributed by atoms with Crippen LogP contribution in [0.4, 0.5) is 5.69 Å². The number of hydrogen-bond donors (Lipinski definition) is 1. The van der Waals surface area contributed by atoms with Gasteiger partial charge >= 0.3 is 0 Å². The summed E-state index contributed by atoms with van der Waals surface area (Å²) < 4.78 is 5.46. The molecule has 7 nitrogen and oxygen atoms in total. The lowest BCUT2D eigenvalue weighted by molar-refractivity contribution is -0.138. The fourth-order valence-electron chi connectivity index (χ4n) is 4.49. The van der Waals surface area contributed by atoms with Crippen LogP contribution in [0.2, 0.25) is 0 Å². The van der Waals surface area contributed by atoms with Gasteiger partial charge in [-0.2, -0.15) is 0 Å². The lowest BCUT2D eigenvalue weighted by Crippen LogP contribution is -2.52. The van der Waals surface area contributed by atoms with Crippen LogP contribution < -0.4 is 10.2 Å². The van der Waals surface area contributed by atoms with Gasteiger partial charge in [0.1, 0.15) is 6.04 Å². The molecule has 0 radical (unpaired) electrons. The molecule has 1 aromatic heterocycles. The SMILES string of the molecule is CC(C)(C)c1ccc(N(C(=O)[C@H]2CCCN2)C(C(=O)N2CCOCC2)c2cccnc2)cc1. The Morgan fingerprint density at radius 1 is 1.15 bits per heavy atom. The van der Waals surface area contributed by atoms with Crippen molar-refractivity contribution in [1.82, 2.24) is 15.2 Å². The fraction of sp³-hybridized carbons (Fsp3) is 0.500. The van der Waals surface area contributed by atoms with E-state index >= 15 is 0 Å². The average molecular weight is 451 g/mol. The number of aromatic nitrogens is 1. The van der Waals surface area contributed by atoms with Gasteiger partial charge in [-0.3, -0.25) is 19.5 Å². The van der Waals surface area contributed by atoms with E-state index in [9.17, 15) is 9.59 Å². The topological polar surface area (TPSA) is 74.8 Å². The highest BCUT2D eigenvalue weighted by atomic mass is 16.5. The van der Waals surface area contributed by atoms with Crippen LogP contribution in [0.1, 0.15) is 50.8 Å². The number of rotatable bonds is 5. The summed E-state index contributed by atoms with van der Waals surface area (Å²) in [5.74, 6) is -0.177. The summed E-state index contributed by atoms with van der Waals surface area (Å²) in [6.07, 6.45) is 5.08. The predicted molar refractivity (Wildman–Crippen MR) is 128 cm³/mol. The van der Waals surface area contributed by atoms with Crippen LogP contribution in [-0.2, 0) is 19.7 Å². The van der Waals surface area contributed by atoms with Gasteiger partial charge in [0, 0.05) is 36.7 Å². The number of ether oxygens (including phenoxy) is 1. The molecular formula is C26H34N4O3. The van der Waals surface area contributed by atoms with Crippen molar-refractivity contribution in [2.24, 2.45) is 0 Å². The number of nitrogens with one attached hydrogen (secondary N) is 1. The maximum absolute atomic E-state index is 13.9. The monoisotopic (exact) mass is 450 g/mol. The van der Waals surface area contributed by atoms with Crippen molar-refractivity contribution < 1.29 is 14.3 Å². The number of morpholine rings is 1. The molecule has 0 aliphatic carbocycles. The molecule has 1 N–H and O–H groups in total.